The largest absolute Gasteiger partial charge is 0.485 e. The third-order valence-electron chi connectivity index (χ3n) is 3.33. The van der Waals surface area contributed by atoms with Crippen LogP contribution in [0, 0.1) is 6.92 Å². The molecule has 0 aliphatic carbocycles. The maximum absolute atomic E-state index is 6.25. The average Bonchev–Trinajstić information content (AvgIpc) is 2.84. The van der Waals surface area contributed by atoms with Crippen molar-refractivity contribution in [1.29, 1.82) is 0 Å². The fraction of sp³-hybridized carbons (Fsp3) is 0.375. The lowest BCUT2D eigenvalue weighted by atomic mass is 10.0. The number of hydrogen-bond donors (Lipinski definition) is 1. The van der Waals surface area contributed by atoms with E-state index in [1.165, 1.54) is 0 Å². The number of furan rings is 1. The Morgan fingerprint density at radius 2 is 2.10 bits per heavy atom. The van der Waals surface area contributed by atoms with Crippen LogP contribution >= 0.6 is 11.6 Å². The molecule has 0 fully saturated rings. The van der Waals surface area contributed by atoms with Crippen LogP contribution in [0.25, 0.3) is 0 Å². The zero-order valence-electron chi connectivity index (χ0n) is 12.1. The Morgan fingerprint density at radius 1 is 1.35 bits per heavy atom. The van der Waals surface area contributed by atoms with Crippen LogP contribution in [0.15, 0.2) is 28.9 Å². The lowest BCUT2D eigenvalue weighted by molar-refractivity contribution is 0.266. The highest BCUT2D eigenvalue weighted by Gasteiger charge is 2.12. The second kappa shape index (κ2) is 6.33. The van der Waals surface area contributed by atoms with Gasteiger partial charge in [0.05, 0.1) is 6.26 Å². The summed E-state index contributed by atoms with van der Waals surface area (Å²) in [6.45, 7) is 7.03. The van der Waals surface area contributed by atoms with Crippen LogP contribution in [0.3, 0.4) is 0 Å². The van der Waals surface area contributed by atoms with E-state index in [1.807, 2.05) is 25.1 Å². The summed E-state index contributed by atoms with van der Waals surface area (Å²) in [5, 5.41) is 0.783. The first-order valence-electron chi connectivity index (χ1n) is 6.71. The molecule has 3 nitrogen and oxygen atoms in total. The maximum Gasteiger partial charge on any atom is 0.146 e. The van der Waals surface area contributed by atoms with Gasteiger partial charge in [-0.25, -0.2) is 0 Å². The molecule has 1 heterocycles. The van der Waals surface area contributed by atoms with E-state index in [1.54, 1.807) is 6.26 Å². The topological polar surface area (TPSA) is 48.4 Å². The van der Waals surface area contributed by atoms with Crippen molar-refractivity contribution in [3.63, 3.8) is 0 Å². The van der Waals surface area contributed by atoms with E-state index >= 15 is 0 Å². The molecule has 108 valence electrons. The van der Waals surface area contributed by atoms with Gasteiger partial charge in [-0.15, -0.1) is 0 Å². The minimum absolute atomic E-state index is 0.355. The Kier molecular flexibility index (Phi) is 4.73. The highest BCUT2D eigenvalue weighted by Crippen LogP contribution is 2.32. The van der Waals surface area contributed by atoms with E-state index in [9.17, 15) is 0 Å². The molecule has 4 heteroatoms. The molecular weight excluding hydrogens is 274 g/mol. The summed E-state index contributed by atoms with van der Waals surface area (Å²) in [4.78, 5) is 0. The van der Waals surface area contributed by atoms with Gasteiger partial charge in [-0.3, -0.25) is 0 Å². The van der Waals surface area contributed by atoms with E-state index in [-0.39, 0.29) is 0 Å². The van der Waals surface area contributed by atoms with Crippen LogP contribution in [0.1, 0.15) is 42.2 Å². The van der Waals surface area contributed by atoms with Gasteiger partial charge in [0.15, 0.2) is 0 Å². The highest BCUT2D eigenvalue weighted by molar-refractivity contribution is 6.31. The molecule has 0 unspecified atom stereocenters. The van der Waals surface area contributed by atoms with Gasteiger partial charge in [-0.2, -0.15) is 0 Å². The van der Waals surface area contributed by atoms with Gasteiger partial charge < -0.3 is 14.9 Å². The summed E-state index contributed by atoms with van der Waals surface area (Å²) in [6, 6.07) is 5.82. The highest BCUT2D eigenvalue weighted by atomic mass is 35.5. The lowest BCUT2D eigenvalue weighted by Gasteiger charge is -2.14. The first-order chi connectivity index (χ1) is 9.52. The van der Waals surface area contributed by atoms with Crippen molar-refractivity contribution >= 4 is 11.6 Å². The number of aryl methyl sites for hydroxylation is 1. The Hall–Kier alpha value is -1.45. The fourth-order valence-corrected chi connectivity index (χ4v) is 2.52. The molecule has 0 atom stereocenters. The summed E-state index contributed by atoms with van der Waals surface area (Å²) in [6.07, 6.45) is 1.63. The van der Waals surface area contributed by atoms with Gasteiger partial charge in [-0.1, -0.05) is 25.4 Å². The molecule has 0 aliphatic rings. The number of hydrogen-bond acceptors (Lipinski definition) is 3. The molecular formula is C16H20ClNO2. The van der Waals surface area contributed by atoms with Crippen molar-refractivity contribution in [2.24, 2.45) is 5.73 Å². The Morgan fingerprint density at radius 3 is 2.75 bits per heavy atom. The van der Waals surface area contributed by atoms with E-state index in [2.05, 4.69) is 13.8 Å². The summed E-state index contributed by atoms with van der Waals surface area (Å²) >= 11 is 6.25. The van der Waals surface area contributed by atoms with Crippen LogP contribution in [0.5, 0.6) is 5.75 Å². The van der Waals surface area contributed by atoms with Crippen molar-refractivity contribution < 1.29 is 9.15 Å². The van der Waals surface area contributed by atoms with Crippen molar-refractivity contribution in [2.75, 3.05) is 0 Å². The second-order valence-corrected chi connectivity index (χ2v) is 5.56. The van der Waals surface area contributed by atoms with E-state index in [0.29, 0.717) is 19.1 Å². The second-order valence-electron chi connectivity index (χ2n) is 5.16. The molecule has 1 aromatic carbocycles. The van der Waals surface area contributed by atoms with Crippen molar-refractivity contribution in [2.45, 2.75) is 39.8 Å². The first-order valence-corrected chi connectivity index (χ1v) is 7.09. The number of benzene rings is 1. The van der Waals surface area contributed by atoms with Gasteiger partial charge in [0.25, 0.3) is 0 Å². The smallest absolute Gasteiger partial charge is 0.146 e. The van der Waals surface area contributed by atoms with Gasteiger partial charge in [-0.05, 0) is 42.2 Å². The van der Waals surface area contributed by atoms with E-state index in [0.717, 1.165) is 33.2 Å². The summed E-state index contributed by atoms with van der Waals surface area (Å²) < 4.78 is 11.2. The molecule has 0 amide bonds. The predicted octanol–water partition coefficient (Wildman–Crippen LogP) is 4.40. The molecule has 1 aromatic heterocycles. The third-order valence-corrected chi connectivity index (χ3v) is 3.66. The third kappa shape index (κ3) is 3.17. The Balaban J connectivity index is 2.19. The molecule has 20 heavy (non-hydrogen) atoms. The molecule has 0 spiro atoms. The molecule has 2 aromatic rings. The van der Waals surface area contributed by atoms with E-state index < -0.39 is 0 Å². The van der Waals surface area contributed by atoms with Gasteiger partial charge >= 0.3 is 0 Å². The standard InChI is InChI=1S/C16H20ClNO2/c1-10(2)13-7-15(11(3)6-14(13)17)20-9-16-12(8-18)4-5-19-16/h4-7,10H,8-9,18H2,1-3H3. The molecule has 0 aliphatic heterocycles. The number of rotatable bonds is 5. The van der Waals surface area contributed by atoms with Crippen molar-refractivity contribution in [3.8, 4) is 5.75 Å². The van der Waals surface area contributed by atoms with Gasteiger partial charge in [0.1, 0.15) is 18.1 Å². The molecule has 0 saturated heterocycles. The quantitative estimate of drug-likeness (QED) is 0.888. The summed E-state index contributed by atoms with van der Waals surface area (Å²) in [5.74, 6) is 1.96. The zero-order valence-corrected chi connectivity index (χ0v) is 12.8. The molecule has 2 N–H and O–H groups in total. The summed E-state index contributed by atoms with van der Waals surface area (Å²) in [5.41, 5.74) is 8.72. The fourth-order valence-electron chi connectivity index (χ4n) is 2.09. The predicted molar refractivity (Wildman–Crippen MR) is 81.2 cm³/mol. The number of halogens is 1. The minimum atomic E-state index is 0.355. The van der Waals surface area contributed by atoms with Crippen LogP contribution in [-0.2, 0) is 13.2 Å². The van der Waals surface area contributed by atoms with E-state index in [4.69, 9.17) is 26.5 Å². The molecule has 0 bridgehead atoms. The minimum Gasteiger partial charge on any atom is -0.485 e. The van der Waals surface area contributed by atoms with Crippen molar-refractivity contribution in [3.05, 3.63) is 51.9 Å². The molecule has 2 rings (SSSR count). The van der Waals surface area contributed by atoms with Gasteiger partial charge in [0.2, 0.25) is 0 Å². The molecule has 0 radical (unpaired) electrons. The normalized spacial score (nSPS) is 11.1. The maximum atomic E-state index is 6.25. The van der Waals surface area contributed by atoms with Crippen LogP contribution in [0.2, 0.25) is 5.02 Å². The average molecular weight is 294 g/mol. The summed E-state index contributed by atoms with van der Waals surface area (Å²) in [7, 11) is 0. The van der Waals surface area contributed by atoms with Crippen LogP contribution in [0.4, 0.5) is 0 Å². The monoisotopic (exact) mass is 293 g/mol. The first kappa shape index (κ1) is 14.9. The van der Waals surface area contributed by atoms with Crippen LogP contribution in [-0.4, -0.2) is 0 Å². The van der Waals surface area contributed by atoms with Crippen molar-refractivity contribution in [1.82, 2.24) is 0 Å². The zero-order chi connectivity index (χ0) is 14.7. The van der Waals surface area contributed by atoms with Gasteiger partial charge in [0, 0.05) is 17.1 Å². The number of ether oxygens (including phenoxy) is 1. The number of nitrogens with two attached hydrogens (primary N) is 1. The molecule has 0 saturated carbocycles. The Labute approximate surface area is 124 Å². The SMILES string of the molecule is Cc1cc(Cl)c(C(C)C)cc1OCc1occc1CN. The lowest BCUT2D eigenvalue weighted by Crippen LogP contribution is -2.03. The Bertz CT molecular complexity index is 590. The van der Waals surface area contributed by atoms with Crippen LogP contribution < -0.4 is 10.5 Å².